The fourth-order valence-corrected chi connectivity index (χ4v) is 2.96. The SMILES string of the molecule is COc1ccc(/C=C(\Sc2nc3ccccc3o2)C(=O)O)cc1OC. The maximum Gasteiger partial charge on any atom is 0.342 e. The number of thioether (sulfide) groups is 1. The first-order valence-corrected chi connectivity index (χ1v) is 8.13. The van der Waals surface area contributed by atoms with E-state index in [2.05, 4.69) is 4.98 Å². The maximum absolute atomic E-state index is 11.6. The Morgan fingerprint density at radius 2 is 1.92 bits per heavy atom. The number of fused-ring (bicyclic) bond motifs is 1. The summed E-state index contributed by atoms with van der Waals surface area (Å²) in [6, 6.07) is 12.4. The highest BCUT2D eigenvalue weighted by molar-refractivity contribution is 8.03. The van der Waals surface area contributed by atoms with Gasteiger partial charge in [0, 0.05) is 0 Å². The monoisotopic (exact) mass is 357 g/mol. The van der Waals surface area contributed by atoms with Crippen molar-refractivity contribution in [2.24, 2.45) is 0 Å². The summed E-state index contributed by atoms with van der Waals surface area (Å²) in [5, 5.41) is 9.76. The number of hydrogen-bond donors (Lipinski definition) is 1. The quantitative estimate of drug-likeness (QED) is 0.526. The number of rotatable bonds is 6. The van der Waals surface area contributed by atoms with Crippen LogP contribution in [0.4, 0.5) is 0 Å². The number of ether oxygens (including phenoxy) is 2. The molecule has 1 N–H and O–H groups in total. The van der Waals surface area contributed by atoms with Crippen molar-refractivity contribution in [1.82, 2.24) is 4.98 Å². The van der Waals surface area contributed by atoms with E-state index in [1.54, 1.807) is 37.4 Å². The lowest BCUT2D eigenvalue weighted by Gasteiger charge is -2.08. The fraction of sp³-hybridized carbons (Fsp3) is 0.111. The van der Waals surface area contributed by atoms with Crippen molar-refractivity contribution in [2.45, 2.75) is 5.22 Å². The zero-order valence-electron chi connectivity index (χ0n) is 13.6. The highest BCUT2D eigenvalue weighted by Crippen LogP contribution is 2.33. The molecule has 0 atom stereocenters. The predicted octanol–water partition coefficient (Wildman–Crippen LogP) is 4.06. The third-order valence-electron chi connectivity index (χ3n) is 3.39. The number of aromatic nitrogens is 1. The summed E-state index contributed by atoms with van der Waals surface area (Å²) in [7, 11) is 3.07. The van der Waals surface area contributed by atoms with Crippen LogP contribution in [-0.4, -0.2) is 30.3 Å². The molecule has 2 aromatic carbocycles. The molecule has 0 fully saturated rings. The van der Waals surface area contributed by atoms with Crippen molar-refractivity contribution < 1.29 is 23.8 Å². The van der Waals surface area contributed by atoms with Crippen LogP contribution in [0.3, 0.4) is 0 Å². The molecule has 0 aliphatic carbocycles. The molecule has 0 saturated heterocycles. The van der Waals surface area contributed by atoms with Crippen molar-refractivity contribution in [3.8, 4) is 11.5 Å². The molecule has 25 heavy (non-hydrogen) atoms. The van der Waals surface area contributed by atoms with E-state index in [-0.39, 0.29) is 10.1 Å². The molecule has 0 aliphatic heterocycles. The van der Waals surface area contributed by atoms with Crippen molar-refractivity contribution in [3.63, 3.8) is 0 Å². The van der Waals surface area contributed by atoms with Crippen LogP contribution in [0.15, 0.2) is 57.0 Å². The van der Waals surface area contributed by atoms with Crippen LogP contribution in [0.5, 0.6) is 11.5 Å². The first kappa shape index (κ1) is 16.9. The molecular weight excluding hydrogens is 342 g/mol. The lowest BCUT2D eigenvalue weighted by molar-refractivity contribution is -0.131. The second kappa shape index (κ2) is 7.31. The average molecular weight is 357 g/mol. The van der Waals surface area contributed by atoms with Gasteiger partial charge in [0.1, 0.15) is 10.4 Å². The number of carbonyl (C=O) groups is 1. The number of carboxylic acids is 1. The summed E-state index contributed by atoms with van der Waals surface area (Å²) in [5.41, 5.74) is 1.96. The van der Waals surface area contributed by atoms with Gasteiger partial charge in [0.25, 0.3) is 5.22 Å². The van der Waals surface area contributed by atoms with Crippen LogP contribution in [-0.2, 0) is 4.79 Å². The molecule has 1 heterocycles. The van der Waals surface area contributed by atoms with E-state index in [1.165, 1.54) is 13.2 Å². The Labute approximate surface area is 148 Å². The van der Waals surface area contributed by atoms with Crippen LogP contribution in [0.25, 0.3) is 17.2 Å². The van der Waals surface area contributed by atoms with E-state index in [4.69, 9.17) is 13.9 Å². The summed E-state index contributed by atoms with van der Waals surface area (Å²) < 4.78 is 16.0. The minimum absolute atomic E-state index is 0.0822. The molecule has 128 valence electrons. The number of benzene rings is 2. The first-order valence-electron chi connectivity index (χ1n) is 7.31. The van der Waals surface area contributed by atoms with Crippen molar-refractivity contribution in [2.75, 3.05) is 14.2 Å². The molecule has 3 rings (SSSR count). The summed E-state index contributed by atoms with van der Waals surface area (Å²) in [6.07, 6.45) is 1.53. The van der Waals surface area contributed by atoms with E-state index < -0.39 is 5.97 Å². The van der Waals surface area contributed by atoms with Crippen LogP contribution >= 0.6 is 11.8 Å². The van der Waals surface area contributed by atoms with Gasteiger partial charge in [-0.05, 0) is 47.7 Å². The Hall–Kier alpha value is -2.93. The second-order valence-corrected chi connectivity index (χ2v) is 5.97. The van der Waals surface area contributed by atoms with E-state index in [0.29, 0.717) is 28.2 Å². The molecular formula is C18H15NO5S. The highest BCUT2D eigenvalue weighted by Gasteiger charge is 2.15. The smallest absolute Gasteiger partial charge is 0.342 e. The van der Waals surface area contributed by atoms with Gasteiger partial charge < -0.3 is 19.0 Å². The van der Waals surface area contributed by atoms with Gasteiger partial charge in [0.15, 0.2) is 17.1 Å². The van der Waals surface area contributed by atoms with Gasteiger partial charge >= 0.3 is 5.97 Å². The molecule has 0 spiro atoms. The zero-order valence-corrected chi connectivity index (χ0v) is 14.4. The van der Waals surface area contributed by atoms with E-state index >= 15 is 0 Å². The molecule has 0 aliphatic rings. The van der Waals surface area contributed by atoms with E-state index in [9.17, 15) is 9.90 Å². The van der Waals surface area contributed by atoms with Crippen LogP contribution in [0.1, 0.15) is 5.56 Å². The predicted molar refractivity (Wildman–Crippen MR) is 95.0 cm³/mol. The van der Waals surface area contributed by atoms with Gasteiger partial charge in [0.2, 0.25) is 0 Å². The summed E-state index contributed by atoms with van der Waals surface area (Å²) >= 11 is 0.953. The number of para-hydroxylation sites is 2. The van der Waals surface area contributed by atoms with Crippen molar-refractivity contribution in [3.05, 3.63) is 52.9 Å². The van der Waals surface area contributed by atoms with E-state index in [1.807, 2.05) is 12.1 Å². The van der Waals surface area contributed by atoms with Gasteiger partial charge in [-0.15, -0.1) is 0 Å². The lowest BCUT2D eigenvalue weighted by Crippen LogP contribution is -1.97. The number of oxazole rings is 1. The Kier molecular flexibility index (Phi) is 4.95. The molecule has 1 aromatic heterocycles. The van der Waals surface area contributed by atoms with Crippen LogP contribution in [0.2, 0.25) is 0 Å². The van der Waals surface area contributed by atoms with Gasteiger partial charge in [-0.25, -0.2) is 9.78 Å². The normalized spacial score (nSPS) is 11.5. The van der Waals surface area contributed by atoms with Gasteiger partial charge in [-0.3, -0.25) is 0 Å². The Bertz CT molecular complexity index is 915. The van der Waals surface area contributed by atoms with Crippen LogP contribution < -0.4 is 9.47 Å². The average Bonchev–Trinajstić information content (AvgIpc) is 3.03. The van der Waals surface area contributed by atoms with Gasteiger partial charge in [0.05, 0.1) is 14.2 Å². The standard InChI is InChI=1S/C18H15NO5S/c1-22-14-8-7-11(9-15(14)23-2)10-16(17(20)21)25-18-19-12-5-3-4-6-13(12)24-18/h3-10H,1-2H3,(H,20,21)/b16-10-. The van der Waals surface area contributed by atoms with Gasteiger partial charge in [-0.1, -0.05) is 18.2 Å². The summed E-state index contributed by atoms with van der Waals surface area (Å²) in [5.74, 6) is 0.0259. The molecule has 0 saturated carbocycles. The van der Waals surface area contributed by atoms with Gasteiger partial charge in [-0.2, -0.15) is 0 Å². The summed E-state index contributed by atoms with van der Waals surface area (Å²) in [4.78, 5) is 16.0. The number of hydrogen-bond acceptors (Lipinski definition) is 6. The number of aliphatic carboxylic acids is 1. The fourth-order valence-electron chi connectivity index (χ4n) is 2.22. The van der Waals surface area contributed by atoms with Crippen molar-refractivity contribution >= 4 is 34.9 Å². The Balaban J connectivity index is 1.92. The minimum Gasteiger partial charge on any atom is -0.493 e. The summed E-state index contributed by atoms with van der Waals surface area (Å²) in [6.45, 7) is 0. The number of carboxylic acid groups (broad SMARTS) is 1. The molecule has 0 amide bonds. The number of nitrogens with zero attached hydrogens (tertiary/aromatic N) is 1. The van der Waals surface area contributed by atoms with Crippen LogP contribution in [0, 0.1) is 0 Å². The third-order valence-corrected chi connectivity index (χ3v) is 4.25. The zero-order chi connectivity index (χ0) is 17.8. The maximum atomic E-state index is 11.6. The third kappa shape index (κ3) is 3.77. The van der Waals surface area contributed by atoms with E-state index in [0.717, 1.165) is 11.8 Å². The molecule has 7 heteroatoms. The largest absolute Gasteiger partial charge is 0.493 e. The number of methoxy groups -OCH3 is 2. The molecule has 0 bridgehead atoms. The lowest BCUT2D eigenvalue weighted by atomic mass is 10.2. The molecule has 0 unspecified atom stereocenters. The first-order chi connectivity index (χ1) is 12.1. The molecule has 3 aromatic rings. The highest BCUT2D eigenvalue weighted by atomic mass is 32.2. The minimum atomic E-state index is -1.07. The molecule has 0 radical (unpaired) electrons. The molecule has 6 nitrogen and oxygen atoms in total. The second-order valence-electron chi connectivity index (χ2n) is 4.98. The topological polar surface area (TPSA) is 81.8 Å². The Morgan fingerprint density at radius 3 is 2.60 bits per heavy atom. The Morgan fingerprint density at radius 1 is 1.16 bits per heavy atom. The van der Waals surface area contributed by atoms with Crippen molar-refractivity contribution in [1.29, 1.82) is 0 Å².